The lowest BCUT2D eigenvalue weighted by molar-refractivity contribution is 0.0550. The van der Waals surface area contributed by atoms with Gasteiger partial charge in [0.15, 0.2) is 0 Å². The third-order valence-corrected chi connectivity index (χ3v) is 5.26. The van der Waals surface area contributed by atoms with Crippen molar-refractivity contribution in [1.29, 1.82) is 0 Å². The van der Waals surface area contributed by atoms with Crippen molar-refractivity contribution in [2.75, 3.05) is 19.7 Å². The van der Waals surface area contributed by atoms with Crippen LogP contribution < -0.4 is 5.32 Å². The molecule has 0 aromatic rings. The van der Waals surface area contributed by atoms with Gasteiger partial charge in [0.2, 0.25) is 0 Å². The van der Waals surface area contributed by atoms with Crippen molar-refractivity contribution >= 4 is 0 Å². The van der Waals surface area contributed by atoms with Crippen LogP contribution in [0.25, 0.3) is 0 Å². The number of hydrogen-bond donors (Lipinski definition) is 1. The highest BCUT2D eigenvalue weighted by atomic mass is 16.5. The molecule has 18 heavy (non-hydrogen) atoms. The van der Waals surface area contributed by atoms with Crippen LogP contribution in [0.3, 0.4) is 0 Å². The van der Waals surface area contributed by atoms with Crippen molar-refractivity contribution in [3.63, 3.8) is 0 Å². The van der Waals surface area contributed by atoms with Gasteiger partial charge in [0.1, 0.15) is 0 Å². The maximum atomic E-state index is 5.87. The molecule has 1 aliphatic heterocycles. The Labute approximate surface area is 113 Å². The largest absolute Gasteiger partial charge is 0.378 e. The zero-order valence-electron chi connectivity index (χ0n) is 12.3. The average Bonchev–Trinajstić information content (AvgIpc) is 2.99. The minimum absolute atomic E-state index is 0.428. The summed E-state index contributed by atoms with van der Waals surface area (Å²) in [7, 11) is 0. The highest BCUT2D eigenvalue weighted by Crippen LogP contribution is 2.41. The highest BCUT2D eigenvalue weighted by Gasteiger charge is 2.41. The van der Waals surface area contributed by atoms with Gasteiger partial charge in [-0.1, -0.05) is 32.6 Å². The van der Waals surface area contributed by atoms with Gasteiger partial charge in [0, 0.05) is 18.6 Å². The summed E-state index contributed by atoms with van der Waals surface area (Å²) in [5.41, 5.74) is 0.428. The molecule has 2 heteroatoms. The molecule has 1 aliphatic carbocycles. The normalized spacial score (nSPS) is 33.3. The number of hydrogen-bond acceptors (Lipinski definition) is 2. The molecule has 0 radical (unpaired) electrons. The standard InChI is InChI=1S/C16H31NO/c1-3-11-17-13-16(10-12-18-14(16)2)9-8-15-6-4-5-7-15/h14-15,17H,3-13H2,1-2H3. The van der Waals surface area contributed by atoms with Crippen LogP contribution >= 0.6 is 0 Å². The molecular weight excluding hydrogens is 222 g/mol. The van der Waals surface area contributed by atoms with E-state index in [0.717, 1.165) is 25.6 Å². The summed E-state index contributed by atoms with van der Waals surface area (Å²) >= 11 is 0. The molecule has 0 aromatic carbocycles. The van der Waals surface area contributed by atoms with Gasteiger partial charge in [-0.3, -0.25) is 0 Å². The molecule has 2 atom stereocenters. The lowest BCUT2D eigenvalue weighted by atomic mass is 9.75. The maximum absolute atomic E-state index is 5.87. The predicted octanol–water partition coefficient (Wildman–Crippen LogP) is 3.75. The molecule has 2 aliphatic rings. The van der Waals surface area contributed by atoms with E-state index >= 15 is 0 Å². The fourth-order valence-corrected chi connectivity index (χ4v) is 3.77. The zero-order valence-corrected chi connectivity index (χ0v) is 12.3. The summed E-state index contributed by atoms with van der Waals surface area (Å²) < 4.78 is 5.87. The van der Waals surface area contributed by atoms with Gasteiger partial charge in [-0.2, -0.15) is 0 Å². The first-order chi connectivity index (χ1) is 8.77. The van der Waals surface area contributed by atoms with E-state index < -0.39 is 0 Å². The molecule has 1 saturated carbocycles. The monoisotopic (exact) mass is 253 g/mol. The molecular formula is C16H31NO. The van der Waals surface area contributed by atoms with Crippen LogP contribution in [0.5, 0.6) is 0 Å². The summed E-state index contributed by atoms with van der Waals surface area (Å²) in [5.74, 6) is 1.01. The van der Waals surface area contributed by atoms with Crippen molar-refractivity contribution in [1.82, 2.24) is 5.32 Å². The minimum Gasteiger partial charge on any atom is -0.378 e. The second kappa shape index (κ2) is 6.91. The third-order valence-electron chi connectivity index (χ3n) is 5.26. The highest BCUT2D eigenvalue weighted by molar-refractivity contribution is 4.92. The Morgan fingerprint density at radius 1 is 1.28 bits per heavy atom. The molecule has 106 valence electrons. The van der Waals surface area contributed by atoms with E-state index in [-0.39, 0.29) is 0 Å². The molecule has 0 spiro atoms. The molecule has 2 nitrogen and oxygen atoms in total. The molecule has 0 aromatic heterocycles. The fraction of sp³-hybridized carbons (Fsp3) is 1.00. The maximum Gasteiger partial charge on any atom is 0.0616 e. The third kappa shape index (κ3) is 3.48. The Kier molecular flexibility index (Phi) is 5.50. The van der Waals surface area contributed by atoms with Gasteiger partial charge < -0.3 is 10.1 Å². The fourth-order valence-electron chi connectivity index (χ4n) is 3.77. The van der Waals surface area contributed by atoms with Gasteiger partial charge in [0.25, 0.3) is 0 Å². The second-order valence-electron chi connectivity index (χ2n) is 6.49. The van der Waals surface area contributed by atoms with Crippen LogP contribution in [0, 0.1) is 11.3 Å². The van der Waals surface area contributed by atoms with Crippen molar-refractivity contribution in [3.8, 4) is 0 Å². The van der Waals surface area contributed by atoms with Crippen LogP contribution in [0.1, 0.15) is 65.2 Å². The van der Waals surface area contributed by atoms with E-state index in [2.05, 4.69) is 19.2 Å². The molecule has 2 unspecified atom stereocenters. The van der Waals surface area contributed by atoms with Gasteiger partial charge in [0.05, 0.1) is 6.10 Å². The lowest BCUT2D eigenvalue weighted by Crippen LogP contribution is -2.40. The Morgan fingerprint density at radius 2 is 2.06 bits per heavy atom. The first kappa shape index (κ1) is 14.3. The van der Waals surface area contributed by atoms with E-state index in [1.807, 2.05) is 0 Å². The summed E-state index contributed by atoms with van der Waals surface area (Å²) in [4.78, 5) is 0. The van der Waals surface area contributed by atoms with E-state index in [1.165, 1.54) is 51.4 Å². The molecule has 0 amide bonds. The van der Waals surface area contributed by atoms with E-state index in [1.54, 1.807) is 0 Å². The second-order valence-corrected chi connectivity index (χ2v) is 6.49. The van der Waals surface area contributed by atoms with Crippen LogP contribution in [0.2, 0.25) is 0 Å². The summed E-state index contributed by atoms with van der Waals surface area (Å²) in [6.07, 6.45) is 11.6. The first-order valence-corrected chi connectivity index (χ1v) is 8.09. The molecule has 2 rings (SSSR count). The van der Waals surface area contributed by atoms with E-state index in [0.29, 0.717) is 11.5 Å². The van der Waals surface area contributed by atoms with Crippen molar-refractivity contribution in [3.05, 3.63) is 0 Å². The van der Waals surface area contributed by atoms with Crippen molar-refractivity contribution in [2.45, 2.75) is 71.3 Å². The zero-order chi connectivity index (χ0) is 12.8. The summed E-state index contributed by atoms with van der Waals surface area (Å²) in [5, 5.41) is 3.64. The van der Waals surface area contributed by atoms with Gasteiger partial charge in [-0.25, -0.2) is 0 Å². The van der Waals surface area contributed by atoms with Crippen LogP contribution in [-0.2, 0) is 4.74 Å². The van der Waals surface area contributed by atoms with Gasteiger partial charge >= 0.3 is 0 Å². The van der Waals surface area contributed by atoms with Crippen LogP contribution in [0.15, 0.2) is 0 Å². The quantitative estimate of drug-likeness (QED) is 0.698. The van der Waals surface area contributed by atoms with Gasteiger partial charge in [-0.15, -0.1) is 0 Å². The number of ether oxygens (including phenoxy) is 1. The molecule has 1 heterocycles. The average molecular weight is 253 g/mol. The summed E-state index contributed by atoms with van der Waals surface area (Å²) in [6, 6.07) is 0. The smallest absolute Gasteiger partial charge is 0.0616 e. The van der Waals surface area contributed by atoms with Crippen LogP contribution in [-0.4, -0.2) is 25.8 Å². The topological polar surface area (TPSA) is 21.3 Å². The SMILES string of the molecule is CCCNCC1(CCC2CCCC2)CCOC1C. The Bertz CT molecular complexity index is 237. The minimum atomic E-state index is 0.428. The van der Waals surface area contributed by atoms with E-state index in [4.69, 9.17) is 4.74 Å². The van der Waals surface area contributed by atoms with Crippen LogP contribution in [0.4, 0.5) is 0 Å². The Hall–Kier alpha value is -0.0800. The molecule has 1 N–H and O–H groups in total. The van der Waals surface area contributed by atoms with E-state index in [9.17, 15) is 0 Å². The number of rotatable bonds is 7. The lowest BCUT2D eigenvalue weighted by Gasteiger charge is -2.33. The Balaban J connectivity index is 1.83. The Morgan fingerprint density at radius 3 is 2.67 bits per heavy atom. The van der Waals surface area contributed by atoms with Crippen molar-refractivity contribution < 1.29 is 4.74 Å². The molecule has 1 saturated heterocycles. The van der Waals surface area contributed by atoms with Crippen molar-refractivity contribution in [2.24, 2.45) is 11.3 Å². The summed E-state index contributed by atoms with van der Waals surface area (Å²) in [6.45, 7) is 7.81. The molecule has 2 fully saturated rings. The first-order valence-electron chi connectivity index (χ1n) is 8.09. The molecule has 0 bridgehead atoms. The number of nitrogens with one attached hydrogen (secondary N) is 1. The predicted molar refractivity (Wildman–Crippen MR) is 76.8 cm³/mol. The van der Waals surface area contributed by atoms with Gasteiger partial charge in [-0.05, 0) is 45.1 Å².